The third-order valence-corrected chi connectivity index (χ3v) is 4.40. The van der Waals surface area contributed by atoms with Crippen molar-refractivity contribution in [2.75, 3.05) is 0 Å². The SMILES string of the molecule is CCc1nc2nn(-c3c(F)cc(C4CC4)cc3C(F)F)cc2c(=O)[nH]1. The summed E-state index contributed by atoms with van der Waals surface area (Å²) in [6.07, 6.45) is 0.637. The van der Waals surface area contributed by atoms with Crippen molar-refractivity contribution in [2.24, 2.45) is 0 Å². The van der Waals surface area contributed by atoms with E-state index >= 15 is 0 Å². The minimum Gasteiger partial charge on any atom is -0.310 e. The first-order valence-electron chi connectivity index (χ1n) is 8.08. The first-order valence-corrected chi connectivity index (χ1v) is 8.08. The van der Waals surface area contributed by atoms with Gasteiger partial charge in [0.15, 0.2) is 5.65 Å². The number of fused-ring (bicyclic) bond motifs is 1. The third kappa shape index (κ3) is 2.71. The Morgan fingerprint density at radius 2 is 2.12 bits per heavy atom. The molecule has 0 amide bonds. The van der Waals surface area contributed by atoms with E-state index in [0.717, 1.165) is 17.5 Å². The molecule has 1 aliphatic carbocycles. The maximum absolute atomic E-state index is 14.6. The summed E-state index contributed by atoms with van der Waals surface area (Å²) < 4.78 is 42.6. The van der Waals surface area contributed by atoms with Gasteiger partial charge in [-0.1, -0.05) is 6.92 Å². The smallest absolute Gasteiger partial charge is 0.266 e. The Bertz CT molecular complexity index is 1020. The lowest BCUT2D eigenvalue weighted by Crippen LogP contribution is -2.10. The number of hydrogen-bond donors (Lipinski definition) is 1. The molecule has 5 nitrogen and oxygen atoms in total. The van der Waals surface area contributed by atoms with Gasteiger partial charge >= 0.3 is 0 Å². The molecule has 0 radical (unpaired) electrons. The Morgan fingerprint density at radius 3 is 2.76 bits per heavy atom. The highest BCUT2D eigenvalue weighted by Crippen LogP contribution is 2.42. The zero-order valence-electron chi connectivity index (χ0n) is 13.4. The fourth-order valence-corrected chi connectivity index (χ4v) is 2.95. The van der Waals surface area contributed by atoms with E-state index in [1.807, 2.05) is 6.92 Å². The molecule has 1 saturated carbocycles. The van der Waals surface area contributed by atoms with E-state index in [1.165, 1.54) is 18.3 Å². The minimum atomic E-state index is -2.85. The van der Waals surface area contributed by atoms with Crippen LogP contribution in [0.15, 0.2) is 23.1 Å². The molecule has 4 rings (SSSR count). The molecule has 1 aliphatic rings. The van der Waals surface area contributed by atoms with Crippen LogP contribution >= 0.6 is 0 Å². The molecular weight excluding hydrogens is 333 g/mol. The van der Waals surface area contributed by atoms with Crippen molar-refractivity contribution in [3.05, 3.63) is 51.5 Å². The van der Waals surface area contributed by atoms with E-state index < -0.39 is 23.4 Å². The molecule has 0 atom stereocenters. The Hall–Kier alpha value is -2.64. The molecule has 1 fully saturated rings. The second kappa shape index (κ2) is 5.72. The predicted molar refractivity (Wildman–Crippen MR) is 85.8 cm³/mol. The van der Waals surface area contributed by atoms with Crippen molar-refractivity contribution >= 4 is 11.0 Å². The molecule has 0 unspecified atom stereocenters. The van der Waals surface area contributed by atoms with E-state index in [-0.39, 0.29) is 22.6 Å². The summed E-state index contributed by atoms with van der Waals surface area (Å²) in [6.45, 7) is 1.81. The van der Waals surface area contributed by atoms with E-state index in [9.17, 15) is 18.0 Å². The summed E-state index contributed by atoms with van der Waals surface area (Å²) in [7, 11) is 0. The van der Waals surface area contributed by atoms with Gasteiger partial charge in [0.1, 0.15) is 22.7 Å². The topological polar surface area (TPSA) is 63.6 Å². The van der Waals surface area contributed by atoms with Gasteiger partial charge in [-0.2, -0.15) is 0 Å². The van der Waals surface area contributed by atoms with Crippen LogP contribution in [0.25, 0.3) is 16.7 Å². The lowest BCUT2D eigenvalue weighted by atomic mass is 10.0. The zero-order valence-corrected chi connectivity index (χ0v) is 13.4. The van der Waals surface area contributed by atoms with Crippen LogP contribution in [0, 0.1) is 5.82 Å². The largest absolute Gasteiger partial charge is 0.310 e. The first-order chi connectivity index (χ1) is 12.0. The van der Waals surface area contributed by atoms with Crippen LogP contribution in [0.4, 0.5) is 13.2 Å². The van der Waals surface area contributed by atoms with Gasteiger partial charge in [-0.25, -0.2) is 22.8 Å². The van der Waals surface area contributed by atoms with Gasteiger partial charge in [-0.05, 0) is 36.5 Å². The number of alkyl halides is 2. The van der Waals surface area contributed by atoms with Gasteiger partial charge < -0.3 is 4.98 Å². The average molecular weight is 348 g/mol. The van der Waals surface area contributed by atoms with Crippen LogP contribution in [0.2, 0.25) is 0 Å². The molecule has 2 aromatic heterocycles. The molecule has 8 heteroatoms. The molecule has 1 N–H and O–H groups in total. The highest BCUT2D eigenvalue weighted by Gasteiger charge is 2.28. The van der Waals surface area contributed by atoms with Gasteiger partial charge in [0.05, 0.1) is 0 Å². The van der Waals surface area contributed by atoms with Crippen molar-refractivity contribution in [3.63, 3.8) is 0 Å². The highest BCUT2D eigenvalue weighted by atomic mass is 19.3. The normalized spacial score (nSPS) is 14.6. The molecule has 0 bridgehead atoms. The molecule has 2 heterocycles. The summed E-state index contributed by atoms with van der Waals surface area (Å²) in [6, 6.07) is 2.61. The first kappa shape index (κ1) is 15.9. The Morgan fingerprint density at radius 1 is 1.36 bits per heavy atom. The number of aryl methyl sites for hydroxylation is 1. The highest BCUT2D eigenvalue weighted by molar-refractivity contribution is 5.73. The van der Waals surface area contributed by atoms with Gasteiger partial charge in [-0.15, -0.1) is 5.10 Å². The molecule has 25 heavy (non-hydrogen) atoms. The van der Waals surface area contributed by atoms with Crippen LogP contribution in [0.1, 0.15) is 49.1 Å². The number of H-pyrrole nitrogens is 1. The Labute approximate surface area is 140 Å². The molecular formula is C17H15F3N4O. The molecule has 1 aromatic carbocycles. The average Bonchev–Trinajstić information content (AvgIpc) is 3.33. The summed E-state index contributed by atoms with van der Waals surface area (Å²) in [4.78, 5) is 18.8. The molecule has 130 valence electrons. The quantitative estimate of drug-likeness (QED) is 0.783. The van der Waals surface area contributed by atoms with Crippen LogP contribution in [-0.2, 0) is 6.42 Å². The maximum atomic E-state index is 14.6. The van der Waals surface area contributed by atoms with Gasteiger partial charge in [0.25, 0.3) is 12.0 Å². The number of nitrogens with zero attached hydrogens (tertiary/aromatic N) is 3. The second-order valence-corrected chi connectivity index (χ2v) is 6.19. The van der Waals surface area contributed by atoms with E-state index in [0.29, 0.717) is 17.8 Å². The van der Waals surface area contributed by atoms with Crippen LogP contribution in [0.3, 0.4) is 0 Å². The monoisotopic (exact) mass is 348 g/mol. The van der Waals surface area contributed by atoms with Crippen molar-refractivity contribution < 1.29 is 13.2 Å². The lowest BCUT2D eigenvalue weighted by Gasteiger charge is -2.12. The van der Waals surface area contributed by atoms with Crippen molar-refractivity contribution in [1.29, 1.82) is 0 Å². The standard InChI is InChI=1S/C17H15F3N4O/c1-2-13-21-16-11(17(25)22-13)7-24(23-16)14-10(15(19)20)5-9(6-12(14)18)8-3-4-8/h5-8,15H,2-4H2,1H3,(H,21,22,23,25). The van der Waals surface area contributed by atoms with Gasteiger partial charge in [-0.3, -0.25) is 4.79 Å². The van der Waals surface area contributed by atoms with E-state index in [2.05, 4.69) is 15.1 Å². The van der Waals surface area contributed by atoms with Crippen LogP contribution < -0.4 is 5.56 Å². The van der Waals surface area contributed by atoms with Crippen molar-refractivity contribution in [1.82, 2.24) is 19.7 Å². The molecule has 0 aliphatic heterocycles. The number of aromatic nitrogens is 4. The summed E-state index contributed by atoms with van der Waals surface area (Å²) in [5, 5.41) is 4.19. The lowest BCUT2D eigenvalue weighted by molar-refractivity contribution is 0.150. The van der Waals surface area contributed by atoms with Crippen LogP contribution in [0.5, 0.6) is 0 Å². The molecule has 3 aromatic rings. The molecule has 0 spiro atoms. The van der Waals surface area contributed by atoms with Gasteiger partial charge in [0, 0.05) is 18.2 Å². The van der Waals surface area contributed by atoms with Gasteiger partial charge in [0.2, 0.25) is 0 Å². The number of halogens is 3. The van der Waals surface area contributed by atoms with Crippen molar-refractivity contribution in [2.45, 2.75) is 38.5 Å². The number of rotatable bonds is 4. The predicted octanol–water partition coefficient (Wildman–Crippen LogP) is 3.63. The fraction of sp³-hybridized carbons (Fsp3) is 0.353. The fourth-order valence-electron chi connectivity index (χ4n) is 2.95. The Balaban J connectivity index is 1.93. The number of nitrogens with one attached hydrogen (secondary N) is 1. The minimum absolute atomic E-state index is 0.103. The van der Waals surface area contributed by atoms with E-state index in [1.54, 1.807) is 0 Å². The zero-order chi connectivity index (χ0) is 17.7. The van der Waals surface area contributed by atoms with Crippen molar-refractivity contribution in [3.8, 4) is 5.69 Å². The summed E-state index contributed by atoms with van der Waals surface area (Å²) in [5.41, 5.74) is -0.512. The number of aromatic amines is 1. The van der Waals surface area contributed by atoms with E-state index in [4.69, 9.17) is 0 Å². The number of benzene rings is 1. The number of hydrogen-bond acceptors (Lipinski definition) is 3. The summed E-state index contributed by atoms with van der Waals surface area (Å²) >= 11 is 0. The van der Waals surface area contributed by atoms with Crippen LogP contribution in [-0.4, -0.2) is 19.7 Å². The molecule has 0 saturated heterocycles. The Kier molecular flexibility index (Phi) is 3.63. The summed E-state index contributed by atoms with van der Waals surface area (Å²) in [5.74, 6) is -0.199. The second-order valence-electron chi connectivity index (χ2n) is 6.19. The maximum Gasteiger partial charge on any atom is 0.266 e. The third-order valence-electron chi connectivity index (χ3n) is 4.40.